The summed E-state index contributed by atoms with van der Waals surface area (Å²) in [5.74, 6) is -0.335. The normalized spacial score (nSPS) is 12.8. The summed E-state index contributed by atoms with van der Waals surface area (Å²) >= 11 is 0. The maximum absolute atomic E-state index is 13.0. The fourth-order valence-corrected chi connectivity index (χ4v) is 1.79. The highest BCUT2D eigenvalue weighted by molar-refractivity contribution is 5.68. The molecule has 1 N–H and O–H groups in total. The fraction of sp³-hybridized carbons (Fsp3) is 0.562. The first-order valence-corrected chi connectivity index (χ1v) is 7.11. The van der Waals surface area contributed by atoms with Crippen LogP contribution in [0, 0.1) is 5.82 Å². The van der Waals surface area contributed by atoms with Crippen LogP contribution in [0.4, 0.5) is 9.18 Å². The molecule has 0 fully saturated rings. The fourth-order valence-electron chi connectivity index (χ4n) is 1.79. The second-order valence-electron chi connectivity index (χ2n) is 6.03. The van der Waals surface area contributed by atoms with E-state index in [2.05, 4.69) is 0 Å². The molecule has 1 aromatic carbocycles. The molecule has 0 aliphatic rings. The van der Waals surface area contributed by atoms with Crippen molar-refractivity contribution in [3.8, 4) is 0 Å². The van der Waals surface area contributed by atoms with Gasteiger partial charge in [-0.05, 0) is 38.5 Å². The summed E-state index contributed by atoms with van der Waals surface area (Å²) in [6, 6.07) is 5.88. The molecule has 124 valence electrons. The molecule has 5 nitrogen and oxygen atoms in total. The third-order valence-corrected chi connectivity index (χ3v) is 2.90. The molecule has 0 saturated carbocycles. The molecule has 22 heavy (non-hydrogen) atoms. The summed E-state index contributed by atoms with van der Waals surface area (Å²) in [4.78, 5) is 13.7. The van der Waals surface area contributed by atoms with E-state index in [0.717, 1.165) is 5.56 Å². The maximum atomic E-state index is 13.0. The lowest BCUT2D eigenvalue weighted by atomic mass is 10.2. The minimum Gasteiger partial charge on any atom is -0.444 e. The predicted molar refractivity (Wildman–Crippen MR) is 80.9 cm³/mol. The van der Waals surface area contributed by atoms with Crippen LogP contribution in [0.25, 0.3) is 0 Å². The number of carbonyl (C=O) groups excluding carboxylic acids is 1. The summed E-state index contributed by atoms with van der Waals surface area (Å²) in [5, 5.41) is 9.24. The van der Waals surface area contributed by atoms with E-state index in [0.29, 0.717) is 0 Å². The van der Waals surface area contributed by atoms with Gasteiger partial charge in [0, 0.05) is 13.7 Å². The molecule has 6 heteroatoms. The number of ether oxygens (including phenoxy) is 2. The highest BCUT2D eigenvalue weighted by Crippen LogP contribution is 2.14. The number of amides is 1. The number of aliphatic hydroxyl groups excluding tert-OH is 1. The Balaban J connectivity index is 2.85. The van der Waals surface area contributed by atoms with Crippen LogP contribution >= 0.6 is 0 Å². The van der Waals surface area contributed by atoms with E-state index >= 15 is 0 Å². The van der Waals surface area contributed by atoms with Crippen LogP contribution in [0.15, 0.2) is 24.3 Å². The average molecular weight is 313 g/mol. The van der Waals surface area contributed by atoms with Gasteiger partial charge in [-0.1, -0.05) is 12.1 Å². The number of benzene rings is 1. The minimum atomic E-state index is -0.625. The lowest BCUT2D eigenvalue weighted by Gasteiger charge is -2.29. The van der Waals surface area contributed by atoms with Gasteiger partial charge in [0.2, 0.25) is 0 Å². The highest BCUT2D eigenvalue weighted by atomic mass is 19.1. The van der Waals surface area contributed by atoms with Gasteiger partial charge in [0.05, 0.1) is 19.3 Å². The number of hydrogen-bond acceptors (Lipinski definition) is 4. The molecule has 1 unspecified atom stereocenters. The number of hydrogen-bond donors (Lipinski definition) is 1. The minimum absolute atomic E-state index is 0.180. The summed E-state index contributed by atoms with van der Waals surface area (Å²) in [6.45, 7) is 5.55. The zero-order valence-corrected chi connectivity index (χ0v) is 13.5. The largest absolute Gasteiger partial charge is 0.444 e. The van der Waals surface area contributed by atoms with Crippen molar-refractivity contribution in [3.63, 3.8) is 0 Å². The smallest absolute Gasteiger partial charge is 0.410 e. The van der Waals surface area contributed by atoms with Crippen molar-refractivity contribution in [2.75, 3.05) is 20.3 Å². The van der Waals surface area contributed by atoms with Crippen molar-refractivity contribution in [1.29, 1.82) is 0 Å². The van der Waals surface area contributed by atoms with Crippen LogP contribution in [0.5, 0.6) is 0 Å². The van der Waals surface area contributed by atoms with Gasteiger partial charge in [-0.3, -0.25) is 0 Å². The lowest BCUT2D eigenvalue weighted by molar-refractivity contribution is -0.00627. The SMILES string of the molecule is COC(CO)CN(Cc1ccc(F)cc1)C(=O)OC(C)(C)C. The first-order valence-electron chi connectivity index (χ1n) is 7.11. The van der Waals surface area contributed by atoms with Gasteiger partial charge in [0.1, 0.15) is 11.4 Å². The summed E-state index contributed by atoms with van der Waals surface area (Å²) in [5.41, 5.74) is 0.139. The molecule has 0 aliphatic carbocycles. The van der Waals surface area contributed by atoms with Crippen LogP contribution in [-0.2, 0) is 16.0 Å². The molecule has 0 heterocycles. The van der Waals surface area contributed by atoms with Gasteiger partial charge in [0.25, 0.3) is 0 Å². The van der Waals surface area contributed by atoms with Crippen molar-refractivity contribution in [2.24, 2.45) is 0 Å². The molecule has 0 bridgehead atoms. The van der Waals surface area contributed by atoms with Crippen LogP contribution in [0.3, 0.4) is 0 Å². The number of nitrogens with zero attached hydrogens (tertiary/aromatic N) is 1. The number of methoxy groups -OCH3 is 1. The van der Waals surface area contributed by atoms with E-state index in [9.17, 15) is 14.3 Å². The van der Waals surface area contributed by atoms with Gasteiger partial charge in [0.15, 0.2) is 0 Å². The molecule has 1 amide bonds. The molecular weight excluding hydrogens is 289 g/mol. The van der Waals surface area contributed by atoms with Crippen LogP contribution < -0.4 is 0 Å². The second-order valence-corrected chi connectivity index (χ2v) is 6.03. The van der Waals surface area contributed by atoms with Gasteiger partial charge < -0.3 is 19.5 Å². The molecule has 0 aromatic heterocycles. The van der Waals surface area contributed by atoms with Crippen LogP contribution in [-0.4, -0.2) is 48.1 Å². The Morgan fingerprint density at radius 3 is 2.36 bits per heavy atom. The van der Waals surface area contributed by atoms with Crippen LogP contribution in [0.2, 0.25) is 0 Å². The zero-order valence-electron chi connectivity index (χ0n) is 13.5. The van der Waals surface area contributed by atoms with Crippen molar-refractivity contribution < 1.29 is 23.8 Å². The first-order chi connectivity index (χ1) is 10.2. The van der Waals surface area contributed by atoms with E-state index in [-0.39, 0.29) is 25.5 Å². The van der Waals surface area contributed by atoms with Gasteiger partial charge in [-0.15, -0.1) is 0 Å². The molecule has 0 saturated heterocycles. The topological polar surface area (TPSA) is 59.0 Å². The molecule has 1 rings (SSSR count). The van der Waals surface area contributed by atoms with Crippen molar-refractivity contribution >= 4 is 6.09 Å². The average Bonchev–Trinajstić information content (AvgIpc) is 2.43. The quantitative estimate of drug-likeness (QED) is 0.877. The third kappa shape index (κ3) is 6.41. The lowest BCUT2D eigenvalue weighted by Crippen LogP contribution is -2.42. The van der Waals surface area contributed by atoms with Gasteiger partial charge in [-0.2, -0.15) is 0 Å². The van der Waals surface area contributed by atoms with Gasteiger partial charge >= 0.3 is 6.09 Å². The Kier molecular flexibility index (Phi) is 6.77. The number of halogens is 1. The second kappa shape index (κ2) is 8.10. The Hall–Kier alpha value is -1.66. The standard InChI is InChI=1S/C16H24FNO4/c1-16(2,3)22-15(20)18(10-14(11-19)21-4)9-12-5-7-13(17)8-6-12/h5-8,14,19H,9-11H2,1-4H3. The number of aliphatic hydroxyl groups is 1. The molecular formula is C16H24FNO4. The Morgan fingerprint density at radius 2 is 1.91 bits per heavy atom. The summed E-state index contributed by atoms with van der Waals surface area (Å²) < 4.78 is 23.4. The third-order valence-electron chi connectivity index (χ3n) is 2.90. The molecule has 0 radical (unpaired) electrons. The molecule has 1 atom stereocenters. The van der Waals surface area contributed by atoms with E-state index in [1.54, 1.807) is 32.9 Å². The van der Waals surface area contributed by atoms with Crippen molar-refractivity contribution in [2.45, 2.75) is 39.0 Å². The van der Waals surface area contributed by atoms with E-state index in [4.69, 9.17) is 9.47 Å². The predicted octanol–water partition coefficient (Wildman–Crippen LogP) is 2.57. The van der Waals surface area contributed by atoms with E-state index in [1.807, 2.05) is 0 Å². The van der Waals surface area contributed by atoms with E-state index in [1.165, 1.54) is 24.1 Å². The zero-order chi connectivity index (χ0) is 16.8. The number of carbonyl (C=O) groups is 1. The molecule has 1 aromatic rings. The first kappa shape index (κ1) is 18.4. The Bertz CT molecular complexity index is 466. The maximum Gasteiger partial charge on any atom is 0.410 e. The van der Waals surface area contributed by atoms with Crippen LogP contribution in [0.1, 0.15) is 26.3 Å². The Morgan fingerprint density at radius 1 is 1.32 bits per heavy atom. The number of rotatable bonds is 6. The highest BCUT2D eigenvalue weighted by Gasteiger charge is 2.24. The Labute approximate surface area is 130 Å². The monoisotopic (exact) mass is 313 g/mol. The van der Waals surface area contributed by atoms with Crippen molar-refractivity contribution in [1.82, 2.24) is 4.90 Å². The molecule has 0 aliphatic heterocycles. The van der Waals surface area contributed by atoms with Gasteiger partial charge in [-0.25, -0.2) is 9.18 Å². The van der Waals surface area contributed by atoms with E-state index < -0.39 is 17.8 Å². The van der Waals surface area contributed by atoms with Crippen molar-refractivity contribution in [3.05, 3.63) is 35.6 Å². The molecule has 0 spiro atoms. The summed E-state index contributed by atoms with van der Waals surface area (Å²) in [7, 11) is 1.46. The summed E-state index contributed by atoms with van der Waals surface area (Å²) in [6.07, 6.45) is -1.01.